The van der Waals surface area contributed by atoms with E-state index in [9.17, 15) is 4.79 Å². The summed E-state index contributed by atoms with van der Waals surface area (Å²) in [5.74, 6) is -0.997. The van der Waals surface area contributed by atoms with Gasteiger partial charge in [-0.25, -0.2) is 9.78 Å². The first kappa shape index (κ1) is 10.5. The second kappa shape index (κ2) is 4.23. The summed E-state index contributed by atoms with van der Waals surface area (Å²) in [6.45, 7) is 0. The molecule has 1 heterocycles. The summed E-state index contributed by atoms with van der Waals surface area (Å²) in [4.78, 5) is 15.4. The summed E-state index contributed by atoms with van der Waals surface area (Å²) in [5.41, 5.74) is 6.30. The predicted octanol–water partition coefficient (Wildman–Crippen LogP) is 1.24. The van der Waals surface area contributed by atoms with E-state index < -0.39 is 5.97 Å². The molecular weight excluding hydrogens is 228 g/mol. The number of hydrogen-bond acceptors (Lipinski definition) is 5. The molecule has 16 heavy (non-hydrogen) atoms. The van der Waals surface area contributed by atoms with Crippen molar-refractivity contribution < 1.29 is 9.90 Å². The largest absolute Gasteiger partial charge is 0.478 e. The Labute approximate surface area is 94.9 Å². The topological polar surface area (TPSA) is 105 Å². The first-order valence-corrected chi connectivity index (χ1v) is 5.14. The van der Waals surface area contributed by atoms with Gasteiger partial charge in [0.15, 0.2) is 5.16 Å². The molecule has 0 atom stereocenters. The van der Waals surface area contributed by atoms with Crippen LogP contribution in [0.4, 0.5) is 5.69 Å². The van der Waals surface area contributed by atoms with E-state index in [1.165, 1.54) is 30.2 Å². The second-order valence-electron chi connectivity index (χ2n) is 2.95. The molecule has 0 saturated heterocycles. The molecule has 0 spiro atoms. The van der Waals surface area contributed by atoms with E-state index in [-0.39, 0.29) is 5.56 Å². The number of nitrogens with zero attached hydrogens (tertiary/aromatic N) is 2. The SMILES string of the molecule is Nc1cc(C(=O)O)ccc1Sc1ncn[nH]1. The van der Waals surface area contributed by atoms with Crippen molar-refractivity contribution in [2.24, 2.45) is 0 Å². The zero-order valence-corrected chi connectivity index (χ0v) is 8.86. The van der Waals surface area contributed by atoms with Gasteiger partial charge in [0.25, 0.3) is 0 Å². The van der Waals surface area contributed by atoms with Gasteiger partial charge in [0, 0.05) is 10.6 Å². The summed E-state index contributed by atoms with van der Waals surface area (Å²) in [7, 11) is 0. The Morgan fingerprint density at radius 2 is 2.31 bits per heavy atom. The lowest BCUT2D eigenvalue weighted by molar-refractivity contribution is 0.0697. The number of nitrogens with one attached hydrogen (secondary N) is 1. The van der Waals surface area contributed by atoms with Gasteiger partial charge < -0.3 is 10.8 Å². The molecule has 0 radical (unpaired) electrons. The zero-order valence-electron chi connectivity index (χ0n) is 8.04. The first-order valence-electron chi connectivity index (χ1n) is 4.33. The van der Waals surface area contributed by atoms with Gasteiger partial charge in [-0.2, -0.15) is 5.10 Å². The fourth-order valence-electron chi connectivity index (χ4n) is 1.12. The molecule has 0 aliphatic heterocycles. The van der Waals surface area contributed by atoms with Crippen LogP contribution in [0.2, 0.25) is 0 Å². The van der Waals surface area contributed by atoms with Crippen molar-refractivity contribution >= 4 is 23.4 Å². The average Bonchev–Trinajstić information content (AvgIpc) is 2.73. The smallest absolute Gasteiger partial charge is 0.335 e. The molecule has 4 N–H and O–H groups in total. The van der Waals surface area contributed by atoms with Crippen molar-refractivity contribution in [3.8, 4) is 0 Å². The lowest BCUT2D eigenvalue weighted by Crippen LogP contribution is -1.98. The maximum Gasteiger partial charge on any atom is 0.335 e. The number of aromatic amines is 1. The van der Waals surface area contributed by atoms with Crippen molar-refractivity contribution in [1.29, 1.82) is 0 Å². The van der Waals surface area contributed by atoms with Crippen LogP contribution in [0.3, 0.4) is 0 Å². The number of aromatic carboxylic acids is 1. The Morgan fingerprint density at radius 3 is 2.88 bits per heavy atom. The minimum atomic E-state index is -0.997. The lowest BCUT2D eigenvalue weighted by atomic mass is 10.2. The van der Waals surface area contributed by atoms with Gasteiger partial charge in [-0.15, -0.1) is 0 Å². The number of carbonyl (C=O) groups is 1. The number of nitrogen functional groups attached to an aromatic ring is 1. The van der Waals surface area contributed by atoms with E-state index in [2.05, 4.69) is 15.2 Å². The summed E-state index contributed by atoms with van der Waals surface area (Å²) in [6.07, 6.45) is 1.39. The lowest BCUT2D eigenvalue weighted by Gasteiger charge is -2.03. The maximum absolute atomic E-state index is 10.7. The monoisotopic (exact) mass is 236 g/mol. The third-order valence-corrected chi connectivity index (χ3v) is 2.84. The van der Waals surface area contributed by atoms with Gasteiger partial charge in [-0.05, 0) is 30.0 Å². The number of H-pyrrole nitrogens is 1. The maximum atomic E-state index is 10.7. The van der Waals surface area contributed by atoms with Crippen molar-refractivity contribution in [1.82, 2.24) is 15.2 Å². The van der Waals surface area contributed by atoms with Crippen LogP contribution >= 0.6 is 11.8 Å². The van der Waals surface area contributed by atoms with E-state index in [0.29, 0.717) is 10.8 Å². The molecule has 0 aliphatic carbocycles. The van der Waals surface area contributed by atoms with Gasteiger partial charge in [-0.1, -0.05) is 0 Å². The number of hydrogen-bond donors (Lipinski definition) is 3. The minimum absolute atomic E-state index is 0.166. The van der Waals surface area contributed by atoms with E-state index in [1.807, 2.05) is 0 Å². The summed E-state index contributed by atoms with van der Waals surface area (Å²) in [6, 6.07) is 4.56. The minimum Gasteiger partial charge on any atom is -0.478 e. The molecule has 7 heteroatoms. The Balaban J connectivity index is 2.26. The average molecular weight is 236 g/mol. The molecule has 0 unspecified atom stereocenters. The summed E-state index contributed by atoms with van der Waals surface area (Å²) < 4.78 is 0. The quantitative estimate of drug-likeness (QED) is 0.692. The van der Waals surface area contributed by atoms with Crippen LogP contribution in [-0.2, 0) is 0 Å². The highest BCUT2D eigenvalue weighted by atomic mass is 32.2. The van der Waals surface area contributed by atoms with Crippen molar-refractivity contribution in [2.75, 3.05) is 5.73 Å². The predicted molar refractivity (Wildman–Crippen MR) is 58.3 cm³/mol. The van der Waals surface area contributed by atoms with E-state index in [0.717, 1.165) is 4.90 Å². The van der Waals surface area contributed by atoms with Gasteiger partial charge in [0.1, 0.15) is 6.33 Å². The number of carboxylic acid groups (broad SMARTS) is 1. The van der Waals surface area contributed by atoms with Crippen LogP contribution in [-0.4, -0.2) is 26.3 Å². The standard InChI is InChI=1S/C9H8N4O2S/c10-6-3-5(8(14)15)1-2-7(6)16-9-11-4-12-13-9/h1-4H,10H2,(H,14,15)(H,11,12,13). The Hall–Kier alpha value is -2.02. The van der Waals surface area contributed by atoms with Gasteiger partial charge in [-0.3, -0.25) is 5.10 Å². The van der Waals surface area contributed by atoms with Crippen molar-refractivity contribution in [3.05, 3.63) is 30.1 Å². The van der Waals surface area contributed by atoms with Gasteiger partial charge in [0.05, 0.1) is 5.56 Å². The van der Waals surface area contributed by atoms with Crippen LogP contribution in [0.15, 0.2) is 34.6 Å². The molecule has 6 nitrogen and oxygen atoms in total. The number of aromatic nitrogens is 3. The van der Waals surface area contributed by atoms with Crippen LogP contribution in [0.5, 0.6) is 0 Å². The van der Waals surface area contributed by atoms with Crippen LogP contribution in [0.1, 0.15) is 10.4 Å². The molecule has 0 bridgehead atoms. The Bertz CT molecular complexity index is 512. The summed E-state index contributed by atoms with van der Waals surface area (Å²) >= 11 is 1.29. The highest BCUT2D eigenvalue weighted by molar-refractivity contribution is 7.99. The molecule has 1 aromatic heterocycles. The molecule has 0 saturated carbocycles. The molecule has 0 fully saturated rings. The molecule has 2 aromatic rings. The number of carboxylic acids is 1. The normalized spacial score (nSPS) is 10.2. The number of anilines is 1. The molecule has 82 valence electrons. The molecule has 2 rings (SSSR count). The molecular formula is C9H8N4O2S. The third kappa shape index (κ3) is 2.14. The van der Waals surface area contributed by atoms with Gasteiger partial charge >= 0.3 is 5.97 Å². The molecule has 1 aromatic carbocycles. The third-order valence-electron chi connectivity index (χ3n) is 1.86. The Kier molecular flexibility index (Phi) is 2.78. The highest BCUT2D eigenvalue weighted by Crippen LogP contribution is 2.29. The zero-order chi connectivity index (χ0) is 11.5. The highest BCUT2D eigenvalue weighted by Gasteiger charge is 2.08. The van der Waals surface area contributed by atoms with E-state index in [4.69, 9.17) is 10.8 Å². The van der Waals surface area contributed by atoms with Crippen LogP contribution in [0, 0.1) is 0 Å². The van der Waals surface area contributed by atoms with Crippen molar-refractivity contribution in [3.63, 3.8) is 0 Å². The van der Waals surface area contributed by atoms with E-state index in [1.54, 1.807) is 6.07 Å². The second-order valence-corrected chi connectivity index (χ2v) is 3.98. The number of benzene rings is 1. The first-order chi connectivity index (χ1) is 7.66. The molecule has 0 aliphatic rings. The number of rotatable bonds is 3. The Morgan fingerprint density at radius 1 is 1.50 bits per heavy atom. The fourth-order valence-corrected chi connectivity index (χ4v) is 1.84. The van der Waals surface area contributed by atoms with Crippen LogP contribution < -0.4 is 5.73 Å². The van der Waals surface area contributed by atoms with E-state index >= 15 is 0 Å². The van der Waals surface area contributed by atoms with Gasteiger partial charge in [0.2, 0.25) is 0 Å². The number of nitrogens with two attached hydrogens (primary N) is 1. The van der Waals surface area contributed by atoms with Crippen LogP contribution in [0.25, 0.3) is 0 Å². The summed E-state index contributed by atoms with van der Waals surface area (Å²) in [5, 5.41) is 15.8. The fraction of sp³-hybridized carbons (Fsp3) is 0. The molecule has 0 amide bonds. The van der Waals surface area contributed by atoms with Crippen molar-refractivity contribution in [2.45, 2.75) is 10.1 Å².